The van der Waals surface area contributed by atoms with Gasteiger partial charge in [0, 0.05) is 17.2 Å². The van der Waals surface area contributed by atoms with Gasteiger partial charge in [0.15, 0.2) is 5.82 Å². The number of hydrogen-bond acceptors (Lipinski definition) is 4. The third-order valence-corrected chi connectivity index (χ3v) is 5.28. The molecule has 0 N–H and O–H groups in total. The summed E-state index contributed by atoms with van der Waals surface area (Å²) >= 11 is 6.12. The summed E-state index contributed by atoms with van der Waals surface area (Å²) in [6.45, 7) is 0. The molecule has 1 fully saturated rings. The van der Waals surface area contributed by atoms with Crippen LogP contribution in [0.4, 0.5) is 10.1 Å². The minimum atomic E-state index is -0.558. The van der Waals surface area contributed by atoms with Crippen molar-refractivity contribution in [1.82, 2.24) is 0 Å². The van der Waals surface area contributed by atoms with Crippen molar-refractivity contribution in [2.45, 2.75) is 57.5 Å². The molecule has 0 bridgehead atoms. The van der Waals surface area contributed by atoms with Gasteiger partial charge in [-0.2, -0.15) is 0 Å². The lowest BCUT2D eigenvalue weighted by Crippen LogP contribution is -2.11. The van der Waals surface area contributed by atoms with Crippen LogP contribution in [0.25, 0.3) is 0 Å². The number of rotatable bonds is 3. The summed E-state index contributed by atoms with van der Waals surface area (Å²) in [5.41, 5.74) is 1.57. The summed E-state index contributed by atoms with van der Waals surface area (Å²) in [4.78, 5) is 16.2. The van der Waals surface area contributed by atoms with E-state index in [1.54, 1.807) is 0 Å². The van der Waals surface area contributed by atoms with E-state index in [0.717, 1.165) is 50.5 Å². The van der Waals surface area contributed by atoms with Gasteiger partial charge in [0.2, 0.25) is 5.90 Å². The van der Waals surface area contributed by atoms with E-state index in [1.807, 2.05) is 0 Å². The summed E-state index contributed by atoms with van der Waals surface area (Å²) in [6.07, 6.45) is 7.71. The van der Waals surface area contributed by atoms with Crippen LogP contribution in [0.2, 0.25) is 5.02 Å². The van der Waals surface area contributed by atoms with E-state index in [2.05, 4.69) is 4.99 Å². The van der Waals surface area contributed by atoms with Gasteiger partial charge >= 0.3 is 5.97 Å². The Morgan fingerprint density at radius 2 is 1.84 bits per heavy atom. The molecular formula is C19H19ClFNO3. The van der Waals surface area contributed by atoms with Gasteiger partial charge in [-0.25, -0.2) is 14.2 Å². The molecule has 0 unspecified atom stereocenters. The molecular weight excluding hydrogens is 345 g/mol. The van der Waals surface area contributed by atoms with Crippen molar-refractivity contribution in [3.63, 3.8) is 0 Å². The topological polar surface area (TPSA) is 47.9 Å². The number of aliphatic imine (C=N–C) groups is 1. The number of benzene rings is 1. The minimum Gasteiger partial charge on any atom is -0.489 e. The molecule has 2 aliphatic carbocycles. The van der Waals surface area contributed by atoms with Crippen LogP contribution in [0.3, 0.4) is 0 Å². The normalized spacial score (nSPS) is 22.5. The van der Waals surface area contributed by atoms with Gasteiger partial charge in [0.25, 0.3) is 0 Å². The molecule has 0 atom stereocenters. The van der Waals surface area contributed by atoms with Gasteiger partial charge in [-0.3, -0.25) is 0 Å². The molecule has 1 heterocycles. The van der Waals surface area contributed by atoms with E-state index in [0.29, 0.717) is 17.7 Å². The molecule has 1 aromatic carbocycles. The van der Waals surface area contributed by atoms with Gasteiger partial charge in [-0.05, 0) is 57.4 Å². The second kappa shape index (κ2) is 6.79. The number of nitrogens with zero attached hydrogens (tertiary/aromatic N) is 1. The third-order valence-electron chi connectivity index (χ3n) is 4.98. The van der Waals surface area contributed by atoms with Crippen molar-refractivity contribution < 1.29 is 18.7 Å². The fraction of sp³-hybridized carbons (Fsp3) is 0.474. The van der Waals surface area contributed by atoms with Crippen molar-refractivity contribution in [3.8, 4) is 5.75 Å². The lowest BCUT2D eigenvalue weighted by molar-refractivity contribution is -0.130. The Balaban J connectivity index is 1.66. The van der Waals surface area contributed by atoms with Crippen molar-refractivity contribution >= 4 is 29.2 Å². The monoisotopic (exact) mass is 363 g/mol. The number of hydrogen-bond donors (Lipinski definition) is 0. The van der Waals surface area contributed by atoms with E-state index >= 15 is 0 Å². The van der Waals surface area contributed by atoms with E-state index in [1.165, 1.54) is 12.1 Å². The summed E-state index contributed by atoms with van der Waals surface area (Å²) in [6, 6.07) is 2.70. The molecule has 132 valence electrons. The lowest BCUT2D eigenvalue weighted by atomic mass is 9.93. The maximum Gasteiger partial charge on any atom is 0.341 e. The molecule has 25 heavy (non-hydrogen) atoms. The molecule has 1 aromatic rings. The number of carbonyl (C=O) groups is 1. The average Bonchev–Trinajstić information content (AvgIpc) is 3.21. The second-order valence-electron chi connectivity index (χ2n) is 6.73. The zero-order valence-corrected chi connectivity index (χ0v) is 14.6. The van der Waals surface area contributed by atoms with Crippen LogP contribution in [0.5, 0.6) is 5.75 Å². The van der Waals surface area contributed by atoms with Crippen LogP contribution in [0.1, 0.15) is 51.4 Å². The first-order valence-electron chi connectivity index (χ1n) is 8.81. The van der Waals surface area contributed by atoms with Crippen LogP contribution in [0, 0.1) is 5.82 Å². The molecule has 3 aliphatic rings. The Morgan fingerprint density at radius 1 is 1.12 bits per heavy atom. The number of ether oxygens (including phenoxy) is 2. The molecule has 0 saturated heterocycles. The van der Waals surface area contributed by atoms with Gasteiger partial charge in [-0.15, -0.1) is 0 Å². The second-order valence-corrected chi connectivity index (χ2v) is 7.14. The van der Waals surface area contributed by atoms with Crippen LogP contribution in [0.15, 0.2) is 28.3 Å². The van der Waals surface area contributed by atoms with Crippen LogP contribution >= 0.6 is 11.6 Å². The highest BCUT2D eigenvalue weighted by Gasteiger charge is 2.33. The quantitative estimate of drug-likeness (QED) is 0.688. The predicted molar refractivity (Wildman–Crippen MR) is 93.0 cm³/mol. The summed E-state index contributed by atoms with van der Waals surface area (Å²) in [5, 5.41) is 0.231. The molecule has 0 amide bonds. The summed E-state index contributed by atoms with van der Waals surface area (Å²) in [5.74, 6) is -0.272. The van der Waals surface area contributed by atoms with Gasteiger partial charge in [0.1, 0.15) is 11.4 Å². The van der Waals surface area contributed by atoms with E-state index < -0.39 is 5.82 Å². The first-order chi connectivity index (χ1) is 12.1. The molecule has 1 aliphatic heterocycles. The maximum absolute atomic E-state index is 14.3. The Morgan fingerprint density at radius 3 is 2.60 bits per heavy atom. The number of cyclic esters (lactones) is 1. The van der Waals surface area contributed by atoms with Crippen LogP contribution < -0.4 is 4.74 Å². The van der Waals surface area contributed by atoms with E-state index in [9.17, 15) is 9.18 Å². The number of halogens is 2. The van der Waals surface area contributed by atoms with Gasteiger partial charge in [0.05, 0.1) is 11.1 Å². The molecule has 0 aromatic heterocycles. The highest BCUT2D eigenvalue weighted by atomic mass is 35.5. The number of esters is 1. The van der Waals surface area contributed by atoms with Crippen LogP contribution in [-0.2, 0) is 9.53 Å². The lowest BCUT2D eigenvalue weighted by Gasteiger charge is -2.15. The minimum absolute atomic E-state index is 0.0829. The van der Waals surface area contributed by atoms with Gasteiger partial charge in [-0.1, -0.05) is 11.6 Å². The first kappa shape index (κ1) is 16.6. The predicted octanol–water partition coefficient (Wildman–Crippen LogP) is 5.26. The molecule has 4 rings (SSSR count). The summed E-state index contributed by atoms with van der Waals surface area (Å²) in [7, 11) is 0. The SMILES string of the molecule is O=C1OC(=Nc2cc(OC3CCCC3)c(Cl)cc2F)C2=C1CCCC2. The van der Waals surface area contributed by atoms with Crippen LogP contribution in [-0.4, -0.2) is 18.0 Å². The van der Waals surface area contributed by atoms with Crippen molar-refractivity contribution in [2.24, 2.45) is 4.99 Å². The molecule has 0 radical (unpaired) electrons. The van der Waals surface area contributed by atoms with E-state index in [-0.39, 0.29) is 28.7 Å². The molecule has 0 spiro atoms. The van der Waals surface area contributed by atoms with E-state index in [4.69, 9.17) is 21.1 Å². The first-order valence-corrected chi connectivity index (χ1v) is 9.18. The summed E-state index contributed by atoms with van der Waals surface area (Å²) < 4.78 is 25.5. The number of carbonyl (C=O) groups excluding carboxylic acids is 1. The van der Waals surface area contributed by atoms with Crippen molar-refractivity contribution in [1.29, 1.82) is 0 Å². The van der Waals surface area contributed by atoms with Crippen molar-refractivity contribution in [3.05, 3.63) is 34.1 Å². The smallest absolute Gasteiger partial charge is 0.341 e. The standard InChI is InChI=1S/C19H19ClFNO3/c20-14-9-15(21)16(10-17(14)24-11-5-1-2-6-11)22-18-12-7-3-4-8-13(12)19(23)25-18/h9-11H,1-8H2. The fourth-order valence-electron chi connectivity index (χ4n) is 3.66. The fourth-order valence-corrected chi connectivity index (χ4v) is 3.85. The Kier molecular flexibility index (Phi) is 4.50. The Hall–Kier alpha value is -1.88. The Bertz CT molecular complexity index is 781. The highest BCUT2D eigenvalue weighted by molar-refractivity contribution is 6.32. The molecule has 1 saturated carbocycles. The third kappa shape index (κ3) is 3.30. The average molecular weight is 364 g/mol. The highest BCUT2D eigenvalue weighted by Crippen LogP contribution is 2.37. The maximum atomic E-state index is 14.3. The Labute approximate surface area is 150 Å². The molecule has 4 nitrogen and oxygen atoms in total. The largest absolute Gasteiger partial charge is 0.489 e. The zero-order chi connectivity index (χ0) is 17.4. The van der Waals surface area contributed by atoms with Gasteiger partial charge < -0.3 is 9.47 Å². The zero-order valence-electron chi connectivity index (χ0n) is 13.8. The van der Waals surface area contributed by atoms with Crippen molar-refractivity contribution in [2.75, 3.05) is 0 Å². The molecule has 6 heteroatoms.